The first-order valence-electron chi connectivity index (χ1n) is 4.99. The van der Waals surface area contributed by atoms with Gasteiger partial charge in [0.15, 0.2) is 5.96 Å². The van der Waals surface area contributed by atoms with Crippen LogP contribution >= 0.6 is 24.0 Å². The highest BCUT2D eigenvalue weighted by molar-refractivity contribution is 14.0. The lowest BCUT2D eigenvalue weighted by Gasteiger charge is -2.30. The average molecular weight is 328 g/mol. The second kappa shape index (κ2) is 7.27. The van der Waals surface area contributed by atoms with Crippen molar-refractivity contribution >= 4 is 29.9 Å². The van der Waals surface area contributed by atoms with E-state index in [9.17, 15) is 0 Å². The molecular formula is C10H25IN4. The summed E-state index contributed by atoms with van der Waals surface area (Å²) in [6, 6.07) is 0.334. The Bertz CT molecular complexity index is 200. The maximum atomic E-state index is 5.70. The molecule has 0 aromatic rings. The molecule has 0 aliphatic rings. The highest BCUT2D eigenvalue weighted by Crippen LogP contribution is 2.09. The summed E-state index contributed by atoms with van der Waals surface area (Å²) in [5, 5.41) is 3.06. The Kier molecular flexibility index (Phi) is 8.41. The number of likely N-dealkylation sites (N-methyl/N-ethyl adjacent to an activating group) is 1. The molecule has 0 amide bonds. The molecule has 0 aliphatic carbocycles. The smallest absolute Gasteiger partial charge is 0.188 e. The van der Waals surface area contributed by atoms with E-state index in [0.717, 1.165) is 0 Å². The molecular weight excluding hydrogens is 303 g/mol. The first-order valence-corrected chi connectivity index (χ1v) is 4.99. The van der Waals surface area contributed by atoms with Crippen LogP contribution in [-0.2, 0) is 0 Å². The number of hydrogen-bond donors (Lipinski definition) is 2. The zero-order valence-electron chi connectivity index (χ0n) is 10.7. The molecule has 0 radical (unpaired) electrons. The van der Waals surface area contributed by atoms with Crippen LogP contribution in [0.3, 0.4) is 0 Å². The van der Waals surface area contributed by atoms with E-state index in [-0.39, 0.29) is 29.5 Å². The van der Waals surface area contributed by atoms with Gasteiger partial charge >= 0.3 is 0 Å². The fourth-order valence-electron chi connectivity index (χ4n) is 0.761. The third-order valence-corrected chi connectivity index (χ3v) is 2.28. The monoisotopic (exact) mass is 328 g/mol. The van der Waals surface area contributed by atoms with Gasteiger partial charge in [-0.3, -0.25) is 4.99 Å². The minimum absolute atomic E-state index is 0. The van der Waals surface area contributed by atoms with Gasteiger partial charge in [0.05, 0.1) is 6.54 Å². The Balaban J connectivity index is 0. The molecule has 0 aliphatic heterocycles. The normalized spacial score (nSPS) is 12.9. The molecule has 0 aromatic carbocycles. The topological polar surface area (TPSA) is 53.6 Å². The molecule has 0 spiro atoms. The van der Waals surface area contributed by atoms with E-state index in [1.54, 1.807) is 0 Å². The van der Waals surface area contributed by atoms with Gasteiger partial charge in [0.1, 0.15) is 0 Å². The Labute approximate surface area is 111 Å². The third kappa shape index (κ3) is 7.84. The number of aliphatic imine (C=N–C) groups is 1. The summed E-state index contributed by atoms with van der Waals surface area (Å²) < 4.78 is 0. The Morgan fingerprint density at radius 3 is 2.20 bits per heavy atom. The summed E-state index contributed by atoms with van der Waals surface area (Å²) in [5.41, 5.74) is 5.75. The summed E-state index contributed by atoms with van der Waals surface area (Å²) in [6.07, 6.45) is 0. The van der Waals surface area contributed by atoms with Crippen LogP contribution < -0.4 is 11.1 Å². The van der Waals surface area contributed by atoms with E-state index in [1.165, 1.54) is 0 Å². The predicted molar refractivity (Wildman–Crippen MR) is 77.9 cm³/mol. The number of guanidine groups is 1. The van der Waals surface area contributed by atoms with Gasteiger partial charge in [-0.2, -0.15) is 0 Å². The van der Waals surface area contributed by atoms with Crippen molar-refractivity contribution in [1.29, 1.82) is 0 Å². The minimum atomic E-state index is 0. The highest BCUT2D eigenvalue weighted by atomic mass is 127. The van der Waals surface area contributed by atoms with Crippen molar-refractivity contribution in [3.8, 4) is 0 Å². The second-order valence-corrected chi connectivity index (χ2v) is 4.71. The van der Waals surface area contributed by atoms with Crippen molar-refractivity contribution in [2.45, 2.75) is 39.3 Å². The Morgan fingerprint density at radius 1 is 1.40 bits per heavy atom. The molecule has 4 nitrogen and oxygen atoms in total. The Hall–Kier alpha value is -0.0400. The van der Waals surface area contributed by atoms with Gasteiger partial charge in [0, 0.05) is 11.6 Å². The molecule has 0 unspecified atom stereocenters. The number of nitrogens with zero attached hydrogens (tertiary/aromatic N) is 2. The molecule has 92 valence electrons. The van der Waals surface area contributed by atoms with Crippen molar-refractivity contribution in [2.24, 2.45) is 10.7 Å². The molecule has 3 N–H and O–H groups in total. The Morgan fingerprint density at radius 2 is 1.87 bits per heavy atom. The molecule has 0 saturated heterocycles. The zero-order valence-corrected chi connectivity index (χ0v) is 13.0. The summed E-state index contributed by atoms with van der Waals surface area (Å²) in [4.78, 5) is 6.44. The number of rotatable bonds is 4. The number of hydrogen-bond acceptors (Lipinski definition) is 2. The van der Waals surface area contributed by atoms with Gasteiger partial charge in [-0.15, -0.1) is 24.0 Å². The lowest BCUT2D eigenvalue weighted by atomic mass is 10.1. The summed E-state index contributed by atoms with van der Waals surface area (Å²) in [5.74, 6) is 0.523. The first-order chi connectivity index (χ1) is 6.25. The van der Waals surface area contributed by atoms with E-state index in [0.29, 0.717) is 18.5 Å². The van der Waals surface area contributed by atoms with Gasteiger partial charge in [-0.1, -0.05) is 0 Å². The van der Waals surface area contributed by atoms with Crippen molar-refractivity contribution in [3.63, 3.8) is 0 Å². The van der Waals surface area contributed by atoms with E-state index in [1.807, 2.05) is 27.9 Å². The molecule has 0 heterocycles. The van der Waals surface area contributed by atoms with Crippen LogP contribution in [0.4, 0.5) is 0 Å². The number of nitrogens with two attached hydrogens (primary N) is 1. The van der Waals surface area contributed by atoms with Crippen molar-refractivity contribution in [3.05, 3.63) is 0 Å². The number of halogens is 1. The van der Waals surface area contributed by atoms with Crippen LogP contribution in [0, 0.1) is 0 Å². The van der Waals surface area contributed by atoms with Gasteiger partial charge in [0.2, 0.25) is 0 Å². The summed E-state index contributed by atoms with van der Waals surface area (Å²) in [6.45, 7) is 9.06. The minimum Gasteiger partial charge on any atom is -0.370 e. The highest BCUT2D eigenvalue weighted by Gasteiger charge is 2.19. The summed E-state index contributed by atoms with van der Waals surface area (Å²) in [7, 11) is 4.09. The molecule has 15 heavy (non-hydrogen) atoms. The lowest BCUT2D eigenvalue weighted by molar-refractivity contribution is 0.205. The molecule has 0 saturated carbocycles. The second-order valence-electron chi connectivity index (χ2n) is 4.71. The fraction of sp³-hybridized carbons (Fsp3) is 0.900. The van der Waals surface area contributed by atoms with Crippen LogP contribution in [0.15, 0.2) is 4.99 Å². The molecule has 0 bridgehead atoms. The van der Waals surface area contributed by atoms with E-state index in [2.05, 4.69) is 29.1 Å². The van der Waals surface area contributed by atoms with Crippen LogP contribution in [0.2, 0.25) is 0 Å². The van der Waals surface area contributed by atoms with Crippen LogP contribution in [-0.4, -0.2) is 43.1 Å². The maximum Gasteiger partial charge on any atom is 0.188 e. The lowest BCUT2D eigenvalue weighted by Crippen LogP contribution is -2.43. The molecule has 0 fully saturated rings. The van der Waals surface area contributed by atoms with Gasteiger partial charge < -0.3 is 16.0 Å². The first kappa shape index (κ1) is 17.4. The van der Waals surface area contributed by atoms with Crippen LogP contribution in [0.1, 0.15) is 27.7 Å². The largest absolute Gasteiger partial charge is 0.370 e. The van der Waals surface area contributed by atoms with E-state index < -0.39 is 0 Å². The van der Waals surface area contributed by atoms with Crippen molar-refractivity contribution < 1.29 is 0 Å². The maximum absolute atomic E-state index is 5.70. The molecule has 0 rings (SSSR count). The fourth-order valence-corrected chi connectivity index (χ4v) is 0.761. The van der Waals surface area contributed by atoms with Crippen LogP contribution in [0.25, 0.3) is 0 Å². The van der Waals surface area contributed by atoms with E-state index >= 15 is 0 Å². The van der Waals surface area contributed by atoms with Gasteiger partial charge in [0.25, 0.3) is 0 Å². The summed E-state index contributed by atoms with van der Waals surface area (Å²) >= 11 is 0. The number of nitrogens with one attached hydrogen (secondary N) is 1. The van der Waals surface area contributed by atoms with Crippen molar-refractivity contribution in [1.82, 2.24) is 10.2 Å². The standard InChI is InChI=1S/C10H24N4.HI/c1-8(2)13-9(11)12-7-10(3,4)14(5)6;/h8H,7H2,1-6H3,(H3,11,12,13);1H. The van der Waals surface area contributed by atoms with Crippen LogP contribution in [0.5, 0.6) is 0 Å². The third-order valence-electron chi connectivity index (χ3n) is 2.28. The molecule has 0 aromatic heterocycles. The van der Waals surface area contributed by atoms with Gasteiger partial charge in [-0.05, 0) is 41.8 Å². The molecule has 0 atom stereocenters. The molecule has 5 heteroatoms. The average Bonchev–Trinajstić information content (AvgIpc) is 1.99. The predicted octanol–water partition coefficient (Wildman–Crippen LogP) is 1.26. The zero-order chi connectivity index (χ0) is 11.4. The SMILES string of the molecule is CC(C)NC(N)=NCC(C)(C)N(C)C.I. The van der Waals surface area contributed by atoms with Gasteiger partial charge in [-0.25, -0.2) is 0 Å². The quantitative estimate of drug-likeness (QED) is 0.464. The van der Waals surface area contributed by atoms with E-state index in [4.69, 9.17) is 5.73 Å². The van der Waals surface area contributed by atoms with Crippen molar-refractivity contribution in [2.75, 3.05) is 20.6 Å².